The van der Waals surface area contributed by atoms with Gasteiger partial charge in [0.15, 0.2) is 5.58 Å². The van der Waals surface area contributed by atoms with E-state index >= 15 is 0 Å². The summed E-state index contributed by atoms with van der Waals surface area (Å²) < 4.78 is 77.1. The number of nitrogens with one attached hydrogen (secondary N) is 1. The van der Waals surface area contributed by atoms with Gasteiger partial charge in [-0.1, -0.05) is 6.07 Å². The van der Waals surface area contributed by atoms with Gasteiger partial charge in [-0.15, -0.1) is 0 Å². The third-order valence-electron chi connectivity index (χ3n) is 6.40. The van der Waals surface area contributed by atoms with Gasteiger partial charge in [0.1, 0.15) is 11.6 Å². The molecule has 1 aromatic heterocycles. The van der Waals surface area contributed by atoms with Crippen LogP contribution in [0.5, 0.6) is 0 Å². The predicted octanol–water partition coefficient (Wildman–Crippen LogP) is 4.30. The fourth-order valence-corrected chi connectivity index (χ4v) is 4.47. The van der Waals surface area contributed by atoms with Crippen LogP contribution >= 0.6 is 0 Å². The number of halogens is 5. The Morgan fingerprint density at radius 1 is 1.33 bits per heavy atom. The van der Waals surface area contributed by atoms with Gasteiger partial charge in [0.2, 0.25) is 11.8 Å². The van der Waals surface area contributed by atoms with Crippen LogP contribution in [0.4, 0.5) is 26.7 Å². The monoisotopic (exact) mass is 476 g/mol. The normalized spacial score (nSPS) is 23.7. The zero-order chi connectivity index (χ0) is 24.0. The van der Waals surface area contributed by atoms with E-state index < -0.39 is 42.8 Å². The van der Waals surface area contributed by atoms with Crippen LogP contribution in [0, 0.1) is 5.92 Å². The summed E-state index contributed by atoms with van der Waals surface area (Å²) >= 11 is 0. The molecular weight excluding hydrogens is 451 g/mol. The second-order valence-electron chi connectivity index (χ2n) is 8.67. The number of methoxy groups -OCH3 is 1. The number of benzene rings is 1. The first kappa shape index (κ1) is 23.7. The Kier molecular flexibility index (Phi) is 6.25. The van der Waals surface area contributed by atoms with E-state index in [9.17, 15) is 26.7 Å². The van der Waals surface area contributed by atoms with E-state index in [0.717, 1.165) is 4.90 Å². The quantitative estimate of drug-likeness (QED) is 0.607. The van der Waals surface area contributed by atoms with E-state index in [1.54, 1.807) is 18.2 Å². The smallest absolute Gasteiger partial charge is 0.410 e. The lowest BCUT2D eigenvalue weighted by Gasteiger charge is -2.30. The van der Waals surface area contributed by atoms with E-state index in [-0.39, 0.29) is 44.1 Å². The number of alkyl halides is 5. The molecule has 1 aliphatic heterocycles. The van der Waals surface area contributed by atoms with Crippen molar-refractivity contribution < 1.29 is 35.9 Å². The Labute approximate surface area is 186 Å². The zero-order valence-electron chi connectivity index (χ0n) is 17.9. The van der Waals surface area contributed by atoms with Gasteiger partial charge in [0.05, 0.1) is 25.2 Å². The minimum Gasteiger partial charge on any atom is -0.439 e. The average Bonchev–Trinajstić information content (AvgIpc) is 3.34. The van der Waals surface area contributed by atoms with Gasteiger partial charge in [-0.3, -0.25) is 0 Å². The summed E-state index contributed by atoms with van der Waals surface area (Å²) in [6, 6.07) is 0.610. The molecule has 1 aliphatic carbocycles. The summed E-state index contributed by atoms with van der Waals surface area (Å²) in [6.45, 7) is -0.570. The van der Waals surface area contributed by atoms with Gasteiger partial charge < -0.3 is 25.1 Å². The highest BCUT2D eigenvalue weighted by molar-refractivity contribution is 5.78. The first-order valence-corrected chi connectivity index (χ1v) is 10.6. The number of aromatic nitrogens is 1. The Balaban J connectivity index is 1.56. The van der Waals surface area contributed by atoms with Gasteiger partial charge in [0.25, 0.3) is 0 Å². The maximum Gasteiger partial charge on any atom is 0.410 e. The van der Waals surface area contributed by atoms with Gasteiger partial charge in [-0.05, 0) is 36.5 Å². The Bertz CT molecular complexity index is 1000. The average molecular weight is 476 g/mol. The minimum atomic E-state index is -4.56. The lowest BCUT2D eigenvalue weighted by atomic mass is 9.82. The highest BCUT2D eigenvalue weighted by Gasteiger charge is 2.48. The molecule has 1 saturated heterocycles. The Morgan fingerprint density at radius 2 is 2.03 bits per heavy atom. The van der Waals surface area contributed by atoms with Gasteiger partial charge >= 0.3 is 12.2 Å². The Hall–Kier alpha value is -2.47. The van der Waals surface area contributed by atoms with Crippen molar-refractivity contribution in [1.82, 2.24) is 15.2 Å². The van der Waals surface area contributed by atoms with Crippen LogP contribution in [0.1, 0.15) is 49.2 Å². The van der Waals surface area contributed by atoms with Crippen molar-refractivity contribution >= 4 is 17.1 Å². The molecule has 2 aliphatic rings. The van der Waals surface area contributed by atoms with E-state index in [1.165, 1.54) is 7.11 Å². The second kappa shape index (κ2) is 8.71. The van der Waals surface area contributed by atoms with Crippen molar-refractivity contribution in [2.45, 2.75) is 55.9 Å². The number of nitrogens with zero attached hydrogens (tertiary/aromatic N) is 2. The molecule has 0 bridgehead atoms. The number of ether oxygens (including phenoxy) is 1. The van der Waals surface area contributed by atoms with Crippen molar-refractivity contribution in [3.05, 3.63) is 29.7 Å². The van der Waals surface area contributed by atoms with Crippen LogP contribution < -0.4 is 11.1 Å². The maximum atomic E-state index is 13.5. The number of hydrogen-bond acceptors (Lipinski definition) is 5. The number of carbonyl (C=O) groups is 1. The molecule has 0 unspecified atom stereocenters. The number of amides is 2. The van der Waals surface area contributed by atoms with E-state index in [1.807, 2.05) is 5.32 Å². The molecule has 33 heavy (non-hydrogen) atoms. The number of hydrogen-bond donors (Lipinski definition) is 2. The van der Waals surface area contributed by atoms with E-state index in [4.69, 9.17) is 14.9 Å². The molecule has 3 N–H and O–H groups in total. The fourth-order valence-electron chi connectivity index (χ4n) is 4.47. The Morgan fingerprint density at radius 3 is 2.64 bits per heavy atom. The molecular formula is C21H25F5N4O3. The molecule has 4 rings (SSSR count). The fraction of sp³-hybridized carbons (Fsp3) is 0.619. The lowest BCUT2D eigenvalue weighted by Crippen LogP contribution is -2.40. The first-order chi connectivity index (χ1) is 15.5. The molecule has 2 fully saturated rings. The molecule has 1 aromatic carbocycles. The number of urea groups is 1. The highest BCUT2D eigenvalue weighted by atomic mass is 19.4. The lowest BCUT2D eigenvalue weighted by molar-refractivity contribution is -0.150. The zero-order valence-corrected chi connectivity index (χ0v) is 17.9. The number of fused-ring (bicyclic) bond motifs is 1. The third-order valence-corrected chi connectivity index (χ3v) is 6.40. The molecule has 7 nitrogen and oxygen atoms in total. The molecule has 2 heterocycles. The summed E-state index contributed by atoms with van der Waals surface area (Å²) in [7, 11) is 1.39. The topological polar surface area (TPSA) is 93.6 Å². The summed E-state index contributed by atoms with van der Waals surface area (Å²) in [6.07, 6.45) is -4.50. The molecule has 182 valence electrons. The SMILES string of the molecule is COC[C@@H](c1ccc2oc([C@H](N)C3CCC(F)(F)CC3)nc2c1)N1C[C@@H](C(F)(F)F)NC1=O. The van der Waals surface area contributed by atoms with Crippen molar-refractivity contribution in [3.63, 3.8) is 0 Å². The second-order valence-corrected chi connectivity index (χ2v) is 8.67. The summed E-state index contributed by atoms with van der Waals surface area (Å²) in [4.78, 5) is 17.7. The van der Waals surface area contributed by atoms with Crippen molar-refractivity contribution in [1.29, 1.82) is 0 Å². The van der Waals surface area contributed by atoms with Crippen LogP contribution in [0.3, 0.4) is 0 Å². The number of rotatable bonds is 6. The van der Waals surface area contributed by atoms with Gasteiger partial charge in [0, 0.05) is 20.0 Å². The highest BCUT2D eigenvalue weighted by Crippen LogP contribution is 2.41. The molecule has 3 atom stereocenters. The van der Waals surface area contributed by atoms with E-state index in [0.29, 0.717) is 16.7 Å². The summed E-state index contributed by atoms with van der Waals surface area (Å²) in [5.74, 6) is -2.64. The first-order valence-electron chi connectivity index (χ1n) is 10.6. The summed E-state index contributed by atoms with van der Waals surface area (Å²) in [5, 5.41) is 1.95. The van der Waals surface area contributed by atoms with Crippen molar-refractivity contribution in [3.8, 4) is 0 Å². The molecule has 0 radical (unpaired) electrons. The van der Waals surface area contributed by atoms with Crippen molar-refractivity contribution in [2.24, 2.45) is 11.7 Å². The standard InChI is InChI=1S/C21H25F5N4O3/c1-32-10-14(30-9-16(21(24,25)26)29-19(30)31)12-2-3-15-13(8-12)28-18(33-15)17(27)11-4-6-20(22,23)7-5-11/h2-3,8,11,14,16-17H,4-7,9-10,27H2,1H3,(H,29,31)/t14-,16-,17+/m0/s1. The van der Waals surface area contributed by atoms with Crippen LogP contribution in [0.2, 0.25) is 0 Å². The predicted molar refractivity (Wildman–Crippen MR) is 108 cm³/mol. The summed E-state index contributed by atoms with van der Waals surface area (Å²) in [5.41, 5.74) is 7.59. The van der Waals surface area contributed by atoms with Crippen LogP contribution in [0.25, 0.3) is 11.1 Å². The number of nitrogens with two attached hydrogens (primary N) is 1. The largest absolute Gasteiger partial charge is 0.439 e. The molecule has 2 amide bonds. The molecule has 1 saturated carbocycles. The maximum absolute atomic E-state index is 13.5. The van der Waals surface area contributed by atoms with Gasteiger partial charge in [-0.2, -0.15) is 13.2 Å². The number of carbonyl (C=O) groups excluding carboxylic acids is 1. The molecule has 12 heteroatoms. The van der Waals surface area contributed by atoms with E-state index in [2.05, 4.69) is 4.98 Å². The van der Waals surface area contributed by atoms with Crippen LogP contribution in [0.15, 0.2) is 22.6 Å². The van der Waals surface area contributed by atoms with Crippen LogP contribution in [-0.4, -0.2) is 54.3 Å². The third kappa shape index (κ3) is 4.91. The van der Waals surface area contributed by atoms with Gasteiger partial charge in [-0.25, -0.2) is 18.6 Å². The molecule has 0 spiro atoms. The molecule has 2 aromatic rings. The van der Waals surface area contributed by atoms with Crippen molar-refractivity contribution in [2.75, 3.05) is 20.3 Å². The minimum absolute atomic E-state index is 0.0238. The van der Waals surface area contributed by atoms with Crippen LogP contribution in [-0.2, 0) is 4.74 Å². The number of oxazole rings is 1.